The van der Waals surface area contributed by atoms with Gasteiger partial charge in [0, 0.05) is 25.5 Å². The van der Waals surface area contributed by atoms with E-state index in [2.05, 4.69) is 20.7 Å². The Morgan fingerprint density at radius 2 is 1.72 bits per heavy atom. The van der Waals surface area contributed by atoms with E-state index in [0.717, 1.165) is 31.2 Å². The van der Waals surface area contributed by atoms with Gasteiger partial charge in [0.25, 0.3) is 5.91 Å². The molecule has 3 fully saturated rings. The second-order valence-electron chi connectivity index (χ2n) is 12.1. The lowest BCUT2D eigenvalue weighted by atomic mass is 9.81. The second kappa shape index (κ2) is 11.5. The summed E-state index contributed by atoms with van der Waals surface area (Å²) in [5, 5.41) is 10.2. The number of alkyl halides is 5. The van der Waals surface area contributed by atoms with Gasteiger partial charge in [-0.15, -0.1) is 0 Å². The molecule has 8 nitrogen and oxygen atoms in total. The van der Waals surface area contributed by atoms with E-state index >= 15 is 0 Å². The SMILES string of the molecule is O=C(CCC(F)(F)F)N[C@@H](c1cnn2cc([C@@H](NC(=O)c3cc(C4CC4)ccn3)C3CCC(F)(F)CC3)nc2c1)C1CC1. The van der Waals surface area contributed by atoms with Gasteiger partial charge in [-0.2, -0.15) is 18.3 Å². The normalized spacial score (nSPS) is 20.5. The van der Waals surface area contributed by atoms with Crippen LogP contribution >= 0.6 is 0 Å². The van der Waals surface area contributed by atoms with Crippen LogP contribution in [0.5, 0.6) is 0 Å². The number of aromatic nitrogens is 4. The molecule has 13 heteroatoms. The molecule has 2 atom stereocenters. The molecule has 2 N–H and O–H groups in total. The molecule has 0 unspecified atom stereocenters. The smallest absolute Gasteiger partial charge is 0.349 e. The Labute approximate surface area is 244 Å². The van der Waals surface area contributed by atoms with Crippen molar-refractivity contribution in [1.29, 1.82) is 0 Å². The summed E-state index contributed by atoms with van der Waals surface area (Å²) in [7, 11) is 0. The van der Waals surface area contributed by atoms with Crippen LogP contribution in [0.2, 0.25) is 0 Å². The predicted octanol–water partition coefficient (Wildman–Crippen LogP) is 6.21. The fraction of sp³-hybridized carbons (Fsp3) is 0.567. The van der Waals surface area contributed by atoms with Gasteiger partial charge >= 0.3 is 6.18 Å². The minimum atomic E-state index is -4.42. The molecule has 43 heavy (non-hydrogen) atoms. The fourth-order valence-corrected chi connectivity index (χ4v) is 5.92. The number of rotatable bonds is 10. The van der Waals surface area contributed by atoms with Gasteiger partial charge in [-0.3, -0.25) is 14.6 Å². The van der Waals surface area contributed by atoms with Gasteiger partial charge < -0.3 is 10.6 Å². The van der Waals surface area contributed by atoms with Gasteiger partial charge in [-0.05, 0) is 85.6 Å². The van der Waals surface area contributed by atoms with Crippen LogP contribution in [0.25, 0.3) is 5.65 Å². The average Bonchev–Trinajstić information content (AvgIpc) is 3.90. The number of nitrogens with zero attached hydrogens (tertiary/aromatic N) is 4. The lowest BCUT2D eigenvalue weighted by Gasteiger charge is -2.33. The fourth-order valence-electron chi connectivity index (χ4n) is 5.92. The van der Waals surface area contributed by atoms with Crippen LogP contribution in [-0.2, 0) is 4.79 Å². The predicted molar refractivity (Wildman–Crippen MR) is 145 cm³/mol. The third kappa shape index (κ3) is 7.30. The zero-order valence-corrected chi connectivity index (χ0v) is 23.4. The van der Waals surface area contributed by atoms with E-state index in [0.29, 0.717) is 22.8 Å². The van der Waals surface area contributed by atoms with Gasteiger partial charge in [0.05, 0.1) is 36.6 Å². The first-order valence-corrected chi connectivity index (χ1v) is 14.8. The monoisotopic (exact) mass is 604 g/mol. The van der Waals surface area contributed by atoms with Crippen molar-refractivity contribution in [2.45, 2.75) is 94.3 Å². The molecule has 0 bridgehead atoms. The highest BCUT2D eigenvalue weighted by Crippen LogP contribution is 2.43. The van der Waals surface area contributed by atoms with E-state index in [9.17, 15) is 31.5 Å². The summed E-state index contributed by atoms with van der Waals surface area (Å²) in [6.07, 6.45) is 2.15. The summed E-state index contributed by atoms with van der Waals surface area (Å²) in [6, 6.07) is 4.23. The number of halogens is 5. The van der Waals surface area contributed by atoms with E-state index in [1.54, 1.807) is 30.7 Å². The maximum atomic E-state index is 14.0. The van der Waals surface area contributed by atoms with E-state index in [1.165, 1.54) is 4.52 Å². The Morgan fingerprint density at radius 3 is 2.40 bits per heavy atom. The van der Waals surface area contributed by atoms with Crippen LogP contribution < -0.4 is 10.6 Å². The average molecular weight is 605 g/mol. The van der Waals surface area contributed by atoms with Crippen molar-refractivity contribution >= 4 is 17.5 Å². The molecule has 230 valence electrons. The summed E-state index contributed by atoms with van der Waals surface area (Å²) < 4.78 is 67.5. The minimum absolute atomic E-state index is 0.0864. The van der Waals surface area contributed by atoms with Gasteiger partial charge in [-0.1, -0.05) is 0 Å². The third-order valence-electron chi connectivity index (χ3n) is 8.67. The molecule has 3 aliphatic carbocycles. The molecular formula is C30H33F5N6O2. The van der Waals surface area contributed by atoms with Gasteiger partial charge in [0.1, 0.15) is 5.69 Å². The molecule has 3 heterocycles. The zero-order chi connectivity index (χ0) is 30.4. The van der Waals surface area contributed by atoms with Crippen LogP contribution in [0, 0.1) is 11.8 Å². The molecule has 0 saturated heterocycles. The first-order chi connectivity index (χ1) is 20.4. The number of pyridine rings is 1. The molecular weight excluding hydrogens is 571 g/mol. The van der Waals surface area contributed by atoms with Gasteiger partial charge in [0.2, 0.25) is 11.8 Å². The first-order valence-electron chi connectivity index (χ1n) is 14.8. The van der Waals surface area contributed by atoms with Crippen molar-refractivity contribution in [3.8, 4) is 0 Å². The maximum Gasteiger partial charge on any atom is 0.389 e. The summed E-state index contributed by atoms with van der Waals surface area (Å²) >= 11 is 0. The summed E-state index contributed by atoms with van der Waals surface area (Å²) in [6.45, 7) is 0. The summed E-state index contributed by atoms with van der Waals surface area (Å²) in [5.41, 5.74) is 2.80. The van der Waals surface area contributed by atoms with Crippen molar-refractivity contribution in [1.82, 2.24) is 30.2 Å². The van der Waals surface area contributed by atoms with Crippen LogP contribution in [0.15, 0.2) is 36.8 Å². The number of hydrogen-bond donors (Lipinski definition) is 2. The Bertz CT molecular complexity index is 1490. The van der Waals surface area contributed by atoms with Crippen molar-refractivity contribution in [2.75, 3.05) is 0 Å². The van der Waals surface area contributed by atoms with E-state index < -0.39 is 48.8 Å². The van der Waals surface area contributed by atoms with Crippen molar-refractivity contribution in [3.05, 3.63) is 59.3 Å². The standard InChI is InChI=1S/C30H33F5N6O2/c31-29(32)9-5-19(6-10-29)27(40-28(43)22-13-20(8-12-36-22)17-1-2-17)23-16-41-24(38-23)14-21(15-37-41)26(18-3-4-18)39-25(42)7-11-30(33,34)35/h8,12-19,26-27H,1-7,9-11H2,(H,39,42)(H,40,43)/t26-,27+/m1/s1. The van der Waals surface area contributed by atoms with Crippen molar-refractivity contribution in [3.63, 3.8) is 0 Å². The van der Waals surface area contributed by atoms with E-state index in [1.807, 2.05) is 6.07 Å². The topological polar surface area (TPSA) is 101 Å². The maximum absolute atomic E-state index is 14.0. The number of nitrogens with one attached hydrogen (secondary N) is 2. The molecule has 3 aliphatic rings. The van der Waals surface area contributed by atoms with Crippen LogP contribution in [0.1, 0.15) is 110 Å². The summed E-state index contributed by atoms with van der Waals surface area (Å²) in [4.78, 5) is 34.6. The molecule has 0 aromatic carbocycles. The molecule has 0 spiro atoms. The quantitative estimate of drug-likeness (QED) is 0.268. The van der Waals surface area contributed by atoms with Gasteiger partial charge in [0.15, 0.2) is 5.65 Å². The first kappa shape index (κ1) is 29.4. The molecule has 6 rings (SSSR count). The number of imidazole rings is 1. The van der Waals surface area contributed by atoms with Crippen molar-refractivity contribution in [2.24, 2.45) is 11.8 Å². The highest BCUT2D eigenvalue weighted by atomic mass is 19.4. The van der Waals surface area contributed by atoms with Crippen LogP contribution in [-0.4, -0.2) is 43.5 Å². The number of carbonyl (C=O) groups is 2. The molecule has 3 aromatic heterocycles. The molecule has 0 radical (unpaired) electrons. The molecule has 2 amide bonds. The Kier molecular flexibility index (Phi) is 7.84. The van der Waals surface area contributed by atoms with E-state index in [-0.39, 0.29) is 43.2 Å². The van der Waals surface area contributed by atoms with Crippen LogP contribution in [0.3, 0.4) is 0 Å². The summed E-state index contributed by atoms with van der Waals surface area (Å²) in [5.74, 6) is -3.61. The lowest BCUT2D eigenvalue weighted by molar-refractivity contribution is -0.144. The highest BCUT2D eigenvalue weighted by Gasteiger charge is 2.40. The molecule has 0 aliphatic heterocycles. The minimum Gasteiger partial charge on any atom is -0.349 e. The number of amides is 2. The largest absolute Gasteiger partial charge is 0.389 e. The van der Waals surface area contributed by atoms with E-state index in [4.69, 9.17) is 4.98 Å². The van der Waals surface area contributed by atoms with Gasteiger partial charge in [-0.25, -0.2) is 18.3 Å². The highest BCUT2D eigenvalue weighted by molar-refractivity contribution is 5.92. The number of hydrogen-bond acceptors (Lipinski definition) is 5. The second-order valence-corrected chi connectivity index (χ2v) is 12.1. The molecule has 3 saturated carbocycles. The van der Waals surface area contributed by atoms with Crippen LogP contribution in [0.4, 0.5) is 22.0 Å². The lowest BCUT2D eigenvalue weighted by Crippen LogP contribution is -2.37. The number of carbonyl (C=O) groups excluding carboxylic acids is 2. The third-order valence-corrected chi connectivity index (χ3v) is 8.67. The van der Waals surface area contributed by atoms with Crippen molar-refractivity contribution < 1.29 is 31.5 Å². The molecule has 3 aromatic rings. The number of fused-ring (bicyclic) bond motifs is 1. The Hall–Kier alpha value is -3.64. The Morgan fingerprint density at radius 1 is 1.00 bits per heavy atom. The Balaban J connectivity index is 1.24. The zero-order valence-electron chi connectivity index (χ0n) is 23.4.